The molecule has 0 saturated heterocycles. The van der Waals surface area contributed by atoms with Crippen LogP contribution in [0.15, 0.2) is 6.07 Å². The topological polar surface area (TPSA) is 21.3 Å². The Morgan fingerprint density at radius 3 is 2.12 bits per heavy atom. The SMILES string of the molecule is CNCC(C)Oc1c(F)c(F)cc(F)c1F. The molecule has 1 unspecified atom stereocenters. The summed E-state index contributed by atoms with van der Waals surface area (Å²) in [5, 5.41) is 2.70. The molecule has 1 N–H and O–H groups in total. The molecule has 1 rings (SSSR count). The van der Waals surface area contributed by atoms with Crippen LogP contribution in [0.1, 0.15) is 6.92 Å². The van der Waals surface area contributed by atoms with E-state index in [1.54, 1.807) is 7.05 Å². The molecule has 2 nitrogen and oxygen atoms in total. The minimum Gasteiger partial charge on any atom is -0.483 e. The van der Waals surface area contributed by atoms with Gasteiger partial charge in [-0.15, -0.1) is 0 Å². The number of ether oxygens (including phenoxy) is 1. The van der Waals surface area contributed by atoms with Gasteiger partial charge in [0.1, 0.15) is 6.10 Å². The highest BCUT2D eigenvalue weighted by molar-refractivity contribution is 5.28. The summed E-state index contributed by atoms with van der Waals surface area (Å²) in [7, 11) is 1.61. The summed E-state index contributed by atoms with van der Waals surface area (Å²) in [6.45, 7) is 1.80. The molecule has 0 aliphatic rings. The van der Waals surface area contributed by atoms with Gasteiger partial charge in [-0.25, -0.2) is 8.78 Å². The second-order valence-electron chi connectivity index (χ2n) is 3.28. The molecule has 1 aromatic carbocycles. The molecule has 90 valence electrons. The Morgan fingerprint density at radius 2 is 1.69 bits per heavy atom. The largest absolute Gasteiger partial charge is 0.483 e. The van der Waals surface area contributed by atoms with E-state index in [9.17, 15) is 17.6 Å². The smallest absolute Gasteiger partial charge is 0.203 e. The Labute approximate surface area is 90.2 Å². The molecule has 0 aliphatic heterocycles. The van der Waals surface area contributed by atoms with E-state index in [0.717, 1.165) is 0 Å². The van der Waals surface area contributed by atoms with Gasteiger partial charge < -0.3 is 10.1 Å². The fourth-order valence-corrected chi connectivity index (χ4v) is 1.19. The third-order valence-corrected chi connectivity index (χ3v) is 1.88. The minimum atomic E-state index is -1.53. The molecule has 16 heavy (non-hydrogen) atoms. The van der Waals surface area contributed by atoms with Gasteiger partial charge in [-0.1, -0.05) is 0 Å². The molecule has 0 saturated carbocycles. The van der Waals surface area contributed by atoms with Gasteiger partial charge in [0.25, 0.3) is 0 Å². The molecule has 0 bridgehead atoms. The summed E-state index contributed by atoms with van der Waals surface area (Å²) in [6.07, 6.45) is -0.616. The number of halogens is 4. The van der Waals surface area contributed by atoms with E-state index in [-0.39, 0.29) is 12.6 Å². The van der Waals surface area contributed by atoms with Crippen LogP contribution in [0.4, 0.5) is 17.6 Å². The zero-order chi connectivity index (χ0) is 12.3. The molecular weight excluding hydrogens is 226 g/mol. The van der Waals surface area contributed by atoms with Crippen LogP contribution in [-0.2, 0) is 0 Å². The third kappa shape index (κ3) is 2.63. The van der Waals surface area contributed by atoms with Gasteiger partial charge in [-0.3, -0.25) is 0 Å². The van der Waals surface area contributed by atoms with Crippen LogP contribution in [0.5, 0.6) is 5.75 Å². The average Bonchev–Trinajstić information content (AvgIpc) is 2.22. The quantitative estimate of drug-likeness (QED) is 0.640. The normalized spacial score (nSPS) is 12.6. The minimum absolute atomic E-state index is 0.139. The predicted octanol–water partition coefficient (Wildman–Crippen LogP) is 2.23. The molecule has 1 aromatic rings. The van der Waals surface area contributed by atoms with Crippen LogP contribution < -0.4 is 10.1 Å². The van der Waals surface area contributed by atoms with Crippen molar-refractivity contribution in [2.24, 2.45) is 0 Å². The second kappa shape index (κ2) is 5.16. The van der Waals surface area contributed by atoms with Gasteiger partial charge in [-0.2, -0.15) is 8.78 Å². The molecule has 0 heterocycles. The summed E-state index contributed by atoms with van der Waals surface area (Å²) < 4.78 is 56.6. The number of nitrogens with one attached hydrogen (secondary N) is 1. The maximum absolute atomic E-state index is 13.1. The lowest BCUT2D eigenvalue weighted by atomic mass is 10.3. The van der Waals surface area contributed by atoms with Crippen LogP contribution in [0.2, 0.25) is 0 Å². The Balaban J connectivity index is 3.03. The van der Waals surface area contributed by atoms with Crippen molar-refractivity contribution in [2.45, 2.75) is 13.0 Å². The predicted molar refractivity (Wildman–Crippen MR) is 50.3 cm³/mol. The maximum atomic E-state index is 13.1. The Hall–Kier alpha value is -1.30. The van der Waals surface area contributed by atoms with Crippen molar-refractivity contribution in [1.29, 1.82) is 0 Å². The van der Waals surface area contributed by atoms with Crippen molar-refractivity contribution in [2.75, 3.05) is 13.6 Å². The van der Waals surface area contributed by atoms with Crippen LogP contribution >= 0.6 is 0 Å². The Kier molecular flexibility index (Phi) is 4.12. The monoisotopic (exact) mass is 237 g/mol. The lowest BCUT2D eigenvalue weighted by molar-refractivity contribution is 0.194. The van der Waals surface area contributed by atoms with E-state index < -0.39 is 35.1 Å². The van der Waals surface area contributed by atoms with Crippen molar-refractivity contribution in [3.63, 3.8) is 0 Å². The van der Waals surface area contributed by atoms with E-state index in [2.05, 4.69) is 5.32 Å². The zero-order valence-electron chi connectivity index (χ0n) is 8.78. The van der Waals surface area contributed by atoms with E-state index in [1.807, 2.05) is 0 Å². The van der Waals surface area contributed by atoms with Gasteiger partial charge in [0, 0.05) is 12.6 Å². The molecule has 1 atom stereocenters. The molecule has 0 aromatic heterocycles. The Morgan fingerprint density at radius 1 is 1.19 bits per heavy atom. The Bertz CT molecular complexity index is 357. The van der Waals surface area contributed by atoms with Crippen molar-refractivity contribution in [1.82, 2.24) is 5.32 Å². The first kappa shape index (κ1) is 12.8. The van der Waals surface area contributed by atoms with Gasteiger partial charge in [0.2, 0.25) is 11.6 Å². The zero-order valence-corrected chi connectivity index (χ0v) is 8.78. The highest BCUT2D eigenvalue weighted by atomic mass is 19.2. The van der Waals surface area contributed by atoms with E-state index in [4.69, 9.17) is 4.74 Å². The number of hydrogen-bond acceptors (Lipinski definition) is 2. The van der Waals surface area contributed by atoms with Crippen LogP contribution in [0.3, 0.4) is 0 Å². The molecule has 6 heteroatoms. The van der Waals surface area contributed by atoms with E-state index in [0.29, 0.717) is 0 Å². The summed E-state index contributed by atoms with van der Waals surface area (Å²) >= 11 is 0. The third-order valence-electron chi connectivity index (χ3n) is 1.88. The molecule has 0 fully saturated rings. The first-order valence-electron chi connectivity index (χ1n) is 4.61. The molecule has 0 radical (unpaired) electrons. The highest BCUT2D eigenvalue weighted by Gasteiger charge is 2.21. The van der Waals surface area contributed by atoms with Crippen LogP contribution in [0, 0.1) is 23.3 Å². The molecule has 0 spiro atoms. The van der Waals surface area contributed by atoms with Gasteiger partial charge in [0.05, 0.1) is 0 Å². The maximum Gasteiger partial charge on any atom is 0.203 e. The van der Waals surface area contributed by atoms with Gasteiger partial charge in [-0.05, 0) is 14.0 Å². The fourth-order valence-electron chi connectivity index (χ4n) is 1.19. The number of rotatable bonds is 4. The fraction of sp³-hybridized carbons (Fsp3) is 0.400. The standard InChI is InChI=1S/C10H11F4NO/c1-5(4-15-2)16-10-8(13)6(11)3-7(12)9(10)14/h3,5,15H,4H2,1-2H3. The lowest BCUT2D eigenvalue weighted by Crippen LogP contribution is -2.27. The lowest BCUT2D eigenvalue weighted by Gasteiger charge is -2.15. The van der Waals surface area contributed by atoms with Crippen molar-refractivity contribution in [3.05, 3.63) is 29.3 Å². The highest BCUT2D eigenvalue weighted by Crippen LogP contribution is 2.27. The summed E-state index contributed by atoms with van der Waals surface area (Å²) in [5.74, 6) is -7.04. The van der Waals surface area contributed by atoms with Crippen molar-refractivity contribution >= 4 is 0 Å². The first-order chi connectivity index (χ1) is 7.47. The molecule has 0 aliphatic carbocycles. The van der Waals surface area contributed by atoms with Crippen molar-refractivity contribution < 1.29 is 22.3 Å². The second-order valence-corrected chi connectivity index (χ2v) is 3.28. The van der Waals surface area contributed by atoms with Crippen LogP contribution in [-0.4, -0.2) is 19.7 Å². The van der Waals surface area contributed by atoms with Crippen molar-refractivity contribution in [3.8, 4) is 5.75 Å². The average molecular weight is 237 g/mol. The first-order valence-corrected chi connectivity index (χ1v) is 4.61. The van der Waals surface area contributed by atoms with Gasteiger partial charge >= 0.3 is 0 Å². The van der Waals surface area contributed by atoms with E-state index >= 15 is 0 Å². The number of benzene rings is 1. The molecule has 0 amide bonds. The summed E-state index contributed by atoms with van der Waals surface area (Å²) in [5.41, 5.74) is 0. The summed E-state index contributed by atoms with van der Waals surface area (Å²) in [4.78, 5) is 0. The number of hydrogen-bond donors (Lipinski definition) is 1. The molecular formula is C10H11F4NO. The van der Waals surface area contributed by atoms with Gasteiger partial charge in [0.15, 0.2) is 17.4 Å². The number of likely N-dealkylation sites (N-methyl/N-ethyl adjacent to an activating group) is 1. The summed E-state index contributed by atoms with van der Waals surface area (Å²) in [6, 6.07) is 0.139. The van der Waals surface area contributed by atoms with Crippen LogP contribution in [0.25, 0.3) is 0 Å². The van der Waals surface area contributed by atoms with E-state index in [1.165, 1.54) is 6.92 Å².